The molecule has 152 valence electrons. The fourth-order valence-electron chi connectivity index (χ4n) is 3.14. The van der Waals surface area contributed by atoms with Crippen LogP contribution in [0.1, 0.15) is 23.7 Å². The summed E-state index contributed by atoms with van der Waals surface area (Å²) in [5.74, 6) is 0.731. The van der Waals surface area contributed by atoms with Gasteiger partial charge in [-0.25, -0.2) is 4.68 Å². The van der Waals surface area contributed by atoms with E-state index in [2.05, 4.69) is 20.6 Å². The molecule has 4 rings (SSSR count). The van der Waals surface area contributed by atoms with Crippen LogP contribution in [0.3, 0.4) is 0 Å². The van der Waals surface area contributed by atoms with E-state index in [1.54, 1.807) is 12.1 Å². The Morgan fingerprint density at radius 1 is 1.13 bits per heavy atom. The average molecular weight is 422 g/mol. The molecular weight excluding hydrogens is 402 g/mol. The number of benzene rings is 2. The normalized spacial score (nSPS) is 10.9. The van der Waals surface area contributed by atoms with E-state index in [0.29, 0.717) is 28.8 Å². The molecule has 0 aliphatic heterocycles. The van der Waals surface area contributed by atoms with Gasteiger partial charge >= 0.3 is 0 Å². The van der Waals surface area contributed by atoms with E-state index in [0.717, 1.165) is 22.6 Å². The van der Waals surface area contributed by atoms with Gasteiger partial charge in [0.2, 0.25) is 17.6 Å². The first-order valence-electron chi connectivity index (χ1n) is 9.50. The minimum atomic E-state index is -0.143. The van der Waals surface area contributed by atoms with Crippen molar-refractivity contribution in [1.82, 2.24) is 19.9 Å². The first-order chi connectivity index (χ1) is 14.5. The molecule has 0 saturated heterocycles. The lowest BCUT2D eigenvalue weighted by molar-refractivity contribution is -0.116. The number of hydrogen-bond donors (Lipinski definition) is 1. The molecule has 2 aromatic carbocycles. The Balaban J connectivity index is 1.42. The summed E-state index contributed by atoms with van der Waals surface area (Å²) in [7, 11) is 0. The number of nitrogens with one attached hydrogen (secondary N) is 1. The third kappa shape index (κ3) is 4.41. The van der Waals surface area contributed by atoms with E-state index in [1.165, 1.54) is 0 Å². The Labute approximate surface area is 178 Å². The quantitative estimate of drug-likeness (QED) is 0.485. The standard InChI is InChI=1S/C22H20ClN5O2/c1-14-13-15(2)28(26-14)19-6-4-3-5-18(19)24-20(29)11-12-21-25-22(27-30-21)16-7-9-17(23)10-8-16/h3-10,13H,11-12H2,1-2H3,(H,24,29). The molecular formula is C22H20ClN5O2. The van der Waals surface area contributed by atoms with Crippen LogP contribution in [0.2, 0.25) is 5.02 Å². The SMILES string of the molecule is Cc1cc(C)n(-c2ccccc2NC(=O)CCc2nc(-c3ccc(Cl)cc3)no2)n1. The van der Waals surface area contributed by atoms with E-state index in [4.69, 9.17) is 16.1 Å². The summed E-state index contributed by atoms with van der Waals surface area (Å²) in [6, 6.07) is 16.7. The summed E-state index contributed by atoms with van der Waals surface area (Å²) in [6.07, 6.45) is 0.558. The smallest absolute Gasteiger partial charge is 0.227 e. The summed E-state index contributed by atoms with van der Waals surface area (Å²) < 4.78 is 7.09. The number of aromatic nitrogens is 4. The molecule has 1 N–H and O–H groups in total. The molecule has 8 heteroatoms. The summed E-state index contributed by atoms with van der Waals surface area (Å²) >= 11 is 5.90. The third-order valence-electron chi connectivity index (χ3n) is 4.55. The molecule has 0 spiro atoms. The molecule has 1 amide bonds. The molecule has 0 atom stereocenters. The predicted octanol–water partition coefficient (Wildman–Crippen LogP) is 4.76. The fraction of sp³-hybridized carbons (Fsp3) is 0.182. The van der Waals surface area contributed by atoms with Gasteiger partial charge < -0.3 is 9.84 Å². The minimum absolute atomic E-state index is 0.143. The topological polar surface area (TPSA) is 85.8 Å². The lowest BCUT2D eigenvalue weighted by atomic mass is 10.2. The van der Waals surface area contributed by atoms with Crippen molar-refractivity contribution in [2.75, 3.05) is 5.32 Å². The Morgan fingerprint density at radius 2 is 1.90 bits per heavy atom. The molecule has 0 aliphatic rings. The minimum Gasteiger partial charge on any atom is -0.339 e. The van der Waals surface area contributed by atoms with Crippen LogP contribution in [0, 0.1) is 13.8 Å². The summed E-state index contributed by atoms with van der Waals surface area (Å²) in [5, 5.41) is 12.1. The highest BCUT2D eigenvalue weighted by Crippen LogP contribution is 2.22. The second-order valence-electron chi connectivity index (χ2n) is 6.92. The van der Waals surface area contributed by atoms with Gasteiger partial charge in [0.15, 0.2) is 0 Å². The number of nitrogens with zero attached hydrogens (tertiary/aromatic N) is 4. The van der Waals surface area contributed by atoms with Crippen molar-refractivity contribution >= 4 is 23.2 Å². The van der Waals surface area contributed by atoms with Crippen LogP contribution in [0.4, 0.5) is 5.69 Å². The largest absolute Gasteiger partial charge is 0.339 e. The van der Waals surface area contributed by atoms with Crippen LogP contribution in [-0.4, -0.2) is 25.8 Å². The zero-order valence-electron chi connectivity index (χ0n) is 16.6. The molecule has 30 heavy (non-hydrogen) atoms. The van der Waals surface area contributed by atoms with Gasteiger partial charge in [0.05, 0.1) is 17.1 Å². The number of hydrogen-bond acceptors (Lipinski definition) is 5. The van der Waals surface area contributed by atoms with Gasteiger partial charge in [-0.15, -0.1) is 0 Å². The number of amides is 1. The van der Waals surface area contributed by atoms with Crippen LogP contribution < -0.4 is 5.32 Å². The third-order valence-corrected chi connectivity index (χ3v) is 4.80. The van der Waals surface area contributed by atoms with E-state index in [-0.39, 0.29) is 12.3 Å². The number of carbonyl (C=O) groups excluding carboxylic acids is 1. The lowest BCUT2D eigenvalue weighted by Gasteiger charge is -2.12. The maximum Gasteiger partial charge on any atom is 0.227 e. The van der Waals surface area contributed by atoms with Gasteiger partial charge in [0.1, 0.15) is 0 Å². The molecule has 0 bridgehead atoms. The lowest BCUT2D eigenvalue weighted by Crippen LogP contribution is -2.15. The van der Waals surface area contributed by atoms with Gasteiger partial charge in [-0.05, 0) is 56.3 Å². The van der Waals surface area contributed by atoms with Crippen molar-refractivity contribution in [2.24, 2.45) is 0 Å². The van der Waals surface area contributed by atoms with Crippen LogP contribution in [0.25, 0.3) is 17.1 Å². The molecule has 7 nitrogen and oxygen atoms in total. The van der Waals surface area contributed by atoms with Gasteiger partial charge in [-0.1, -0.05) is 28.9 Å². The number of carbonyl (C=O) groups is 1. The molecule has 0 unspecified atom stereocenters. The Kier molecular flexibility index (Phi) is 5.63. The average Bonchev–Trinajstić information content (AvgIpc) is 3.33. The molecule has 4 aromatic rings. The van der Waals surface area contributed by atoms with Crippen molar-refractivity contribution in [1.29, 1.82) is 0 Å². The Bertz CT molecular complexity index is 1180. The van der Waals surface area contributed by atoms with E-state index in [1.807, 2.05) is 61.0 Å². The molecule has 0 saturated carbocycles. The molecule has 0 fully saturated rings. The zero-order valence-corrected chi connectivity index (χ0v) is 17.3. The van der Waals surface area contributed by atoms with Gasteiger partial charge in [-0.3, -0.25) is 4.79 Å². The van der Waals surface area contributed by atoms with E-state index < -0.39 is 0 Å². The van der Waals surface area contributed by atoms with E-state index >= 15 is 0 Å². The Morgan fingerprint density at radius 3 is 2.63 bits per heavy atom. The van der Waals surface area contributed by atoms with Crippen LogP contribution in [-0.2, 0) is 11.2 Å². The second-order valence-corrected chi connectivity index (χ2v) is 7.36. The van der Waals surface area contributed by atoms with Crippen molar-refractivity contribution in [2.45, 2.75) is 26.7 Å². The monoisotopic (exact) mass is 421 g/mol. The number of anilines is 1. The summed E-state index contributed by atoms with van der Waals surface area (Å²) in [6.45, 7) is 3.92. The first kappa shape index (κ1) is 19.8. The Hall–Kier alpha value is -3.45. The molecule has 2 heterocycles. The van der Waals surface area contributed by atoms with Crippen molar-refractivity contribution < 1.29 is 9.32 Å². The maximum absolute atomic E-state index is 12.5. The van der Waals surface area contributed by atoms with Gasteiger partial charge in [0, 0.05) is 29.1 Å². The molecule has 2 aromatic heterocycles. The second kappa shape index (κ2) is 8.51. The highest BCUT2D eigenvalue weighted by molar-refractivity contribution is 6.30. The first-order valence-corrected chi connectivity index (χ1v) is 9.88. The van der Waals surface area contributed by atoms with Crippen molar-refractivity contribution in [3.05, 3.63) is 76.9 Å². The number of rotatable bonds is 6. The zero-order chi connectivity index (χ0) is 21.1. The molecule has 0 radical (unpaired) electrons. The number of aryl methyl sites for hydroxylation is 3. The van der Waals surface area contributed by atoms with Gasteiger partial charge in [0.25, 0.3) is 0 Å². The van der Waals surface area contributed by atoms with Crippen LogP contribution in [0.5, 0.6) is 0 Å². The fourth-order valence-corrected chi connectivity index (χ4v) is 3.27. The number of para-hydroxylation sites is 2. The summed E-state index contributed by atoms with van der Waals surface area (Å²) in [4.78, 5) is 16.9. The summed E-state index contributed by atoms with van der Waals surface area (Å²) in [5.41, 5.74) is 4.23. The van der Waals surface area contributed by atoms with Crippen LogP contribution >= 0.6 is 11.6 Å². The highest BCUT2D eigenvalue weighted by Gasteiger charge is 2.14. The maximum atomic E-state index is 12.5. The number of halogens is 1. The highest BCUT2D eigenvalue weighted by atomic mass is 35.5. The van der Waals surface area contributed by atoms with Crippen LogP contribution in [0.15, 0.2) is 59.1 Å². The van der Waals surface area contributed by atoms with Crippen molar-refractivity contribution in [3.8, 4) is 17.1 Å². The predicted molar refractivity (Wildman–Crippen MR) is 115 cm³/mol. The van der Waals surface area contributed by atoms with Gasteiger partial charge in [-0.2, -0.15) is 10.1 Å². The van der Waals surface area contributed by atoms with E-state index in [9.17, 15) is 4.79 Å². The van der Waals surface area contributed by atoms with Crippen molar-refractivity contribution in [3.63, 3.8) is 0 Å². The molecule has 0 aliphatic carbocycles.